The Morgan fingerprint density at radius 1 is 1.32 bits per heavy atom. The van der Waals surface area contributed by atoms with Crippen molar-refractivity contribution in [1.82, 2.24) is 14.6 Å². The molecule has 1 aromatic rings. The minimum absolute atomic E-state index is 0.0336. The maximum atomic E-state index is 12.3. The molecule has 0 unspecified atom stereocenters. The molecule has 0 radical (unpaired) electrons. The molecule has 22 heavy (non-hydrogen) atoms. The summed E-state index contributed by atoms with van der Waals surface area (Å²) in [6.45, 7) is 1.07. The van der Waals surface area contributed by atoms with Gasteiger partial charge in [0.25, 0.3) is 0 Å². The average molecular weight is 344 g/mol. The average Bonchev–Trinajstić information content (AvgIpc) is 3.00. The van der Waals surface area contributed by atoms with Crippen LogP contribution in [0, 0.1) is 0 Å². The molecule has 0 bridgehead atoms. The predicted molar refractivity (Wildman–Crippen MR) is 80.7 cm³/mol. The first kappa shape index (κ1) is 16.7. The third-order valence-electron chi connectivity index (χ3n) is 3.03. The minimum atomic E-state index is -3.48. The van der Waals surface area contributed by atoms with Gasteiger partial charge in [-0.3, -0.25) is 10.1 Å². The van der Waals surface area contributed by atoms with Gasteiger partial charge in [-0.15, -0.1) is 0 Å². The lowest BCUT2D eigenvalue weighted by molar-refractivity contribution is -0.117. The van der Waals surface area contributed by atoms with Gasteiger partial charge < -0.3 is 5.73 Å². The smallest absolute Gasteiger partial charge is 0.318 e. The highest BCUT2D eigenvalue weighted by Crippen LogP contribution is 2.22. The Hall–Kier alpha value is -1.65. The van der Waals surface area contributed by atoms with E-state index in [0.29, 0.717) is 18.1 Å². The molecule has 2 heterocycles. The Bertz CT molecular complexity index is 654. The second-order valence-electron chi connectivity index (χ2n) is 4.64. The summed E-state index contributed by atoms with van der Waals surface area (Å²) in [5.74, 6) is -0.568. The lowest BCUT2D eigenvalue weighted by Crippen LogP contribution is -2.36. The molecule has 1 aromatic heterocycles. The molecule has 1 aliphatic heterocycles. The molecule has 1 fully saturated rings. The summed E-state index contributed by atoms with van der Waals surface area (Å²) in [6, 6.07) is 2.09. The van der Waals surface area contributed by atoms with Crippen LogP contribution in [0.1, 0.15) is 12.8 Å². The molecular weight excluding hydrogens is 328 g/mol. The number of hydrogen-bond acceptors (Lipinski definition) is 6. The van der Waals surface area contributed by atoms with E-state index < -0.39 is 22.0 Å². The van der Waals surface area contributed by atoms with Crippen molar-refractivity contribution < 1.29 is 18.0 Å². The number of imide groups is 1. The van der Waals surface area contributed by atoms with Crippen molar-refractivity contribution >= 4 is 33.7 Å². The van der Waals surface area contributed by atoms with E-state index in [2.05, 4.69) is 4.98 Å². The number of aromatic nitrogens is 1. The van der Waals surface area contributed by atoms with E-state index in [1.54, 1.807) is 0 Å². The third-order valence-corrected chi connectivity index (χ3v) is 5.85. The first-order valence-electron chi connectivity index (χ1n) is 6.58. The van der Waals surface area contributed by atoms with Crippen LogP contribution >= 0.6 is 11.8 Å². The summed E-state index contributed by atoms with van der Waals surface area (Å²) in [5.41, 5.74) is 4.82. The van der Waals surface area contributed by atoms with Gasteiger partial charge in [0.2, 0.25) is 15.9 Å². The van der Waals surface area contributed by atoms with Gasteiger partial charge in [0, 0.05) is 19.3 Å². The first-order valence-corrected chi connectivity index (χ1v) is 9.00. The van der Waals surface area contributed by atoms with Crippen molar-refractivity contribution in [3.63, 3.8) is 0 Å². The largest absolute Gasteiger partial charge is 0.351 e. The summed E-state index contributed by atoms with van der Waals surface area (Å²) >= 11 is 1.08. The molecule has 2 rings (SSSR count). The van der Waals surface area contributed by atoms with Gasteiger partial charge >= 0.3 is 6.03 Å². The van der Waals surface area contributed by atoms with Gasteiger partial charge in [-0.25, -0.2) is 18.2 Å². The molecule has 0 atom stereocenters. The van der Waals surface area contributed by atoms with E-state index >= 15 is 0 Å². The van der Waals surface area contributed by atoms with Crippen LogP contribution in [0.5, 0.6) is 0 Å². The van der Waals surface area contributed by atoms with Crippen LogP contribution in [0.4, 0.5) is 4.79 Å². The lowest BCUT2D eigenvalue weighted by Gasteiger charge is -2.15. The van der Waals surface area contributed by atoms with Gasteiger partial charge in [0.15, 0.2) is 0 Å². The summed E-state index contributed by atoms with van der Waals surface area (Å²) in [5, 5.41) is 2.42. The monoisotopic (exact) mass is 344 g/mol. The van der Waals surface area contributed by atoms with Gasteiger partial charge in [0.05, 0.1) is 10.8 Å². The van der Waals surface area contributed by atoms with E-state index in [1.807, 2.05) is 5.32 Å². The molecule has 3 N–H and O–H groups in total. The quantitative estimate of drug-likeness (QED) is 0.733. The van der Waals surface area contributed by atoms with E-state index in [4.69, 9.17) is 5.73 Å². The molecule has 1 saturated heterocycles. The number of nitrogens with zero attached hydrogens (tertiary/aromatic N) is 2. The zero-order valence-corrected chi connectivity index (χ0v) is 13.3. The minimum Gasteiger partial charge on any atom is -0.351 e. The van der Waals surface area contributed by atoms with Crippen LogP contribution in [-0.2, 0) is 14.8 Å². The fourth-order valence-electron chi connectivity index (χ4n) is 2.00. The highest BCUT2D eigenvalue weighted by molar-refractivity contribution is 7.99. The van der Waals surface area contributed by atoms with Crippen LogP contribution in [0.3, 0.4) is 0 Å². The Morgan fingerprint density at radius 2 is 2.00 bits per heavy atom. The number of pyridine rings is 1. The fourth-order valence-corrected chi connectivity index (χ4v) is 4.10. The maximum Gasteiger partial charge on any atom is 0.318 e. The standard InChI is InChI=1S/C12H16N4O4S2/c13-12(18)15-10(17)8-21-11-4-3-9(7-14-11)22(19,20)16-5-1-2-6-16/h3-4,7H,1-2,5-6,8H2,(H3,13,15,17,18). The van der Waals surface area contributed by atoms with Crippen molar-refractivity contribution in [1.29, 1.82) is 0 Å². The lowest BCUT2D eigenvalue weighted by atomic mass is 10.4. The van der Waals surface area contributed by atoms with E-state index in [0.717, 1.165) is 24.6 Å². The van der Waals surface area contributed by atoms with Crippen molar-refractivity contribution in [2.75, 3.05) is 18.8 Å². The normalized spacial score (nSPS) is 15.6. The molecule has 3 amide bonds. The van der Waals surface area contributed by atoms with Crippen molar-refractivity contribution in [3.05, 3.63) is 18.3 Å². The number of nitrogens with one attached hydrogen (secondary N) is 1. The molecule has 120 valence electrons. The number of primary amides is 1. The first-order chi connectivity index (χ1) is 10.4. The topological polar surface area (TPSA) is 122 Å². The highest BCUT2D eigenvalue weighted by atomic mass is 32.2. The molecule has 0 spiro atoms. The predicted octanol–water partition coefficient (Wildman–Crippen LogP) is 0.153. The second kappa shape index (κ2) is 7.07. The molecule has 0 saturated carbocycles. The van der Waals surface area contributed by atoms with Crippen LogP contribution < -0.4 is 11.1 Å². The third kappa shape index (κ3) is 4.18. The zero-order valence-electron chi connectivity index (χ0n) is 11.7. The molecule has 0 aliphatic carbocycles. The van der Waals surface area contributed by atoms with Crippen molar-refractivity contribution in [3.8, 4) is 0 Å². The Labute approximate surface area is 132 Å². The molecule has 0 aromatic carbocycles. The van der Waals surface area contributed by atoms with Gasteiger partial charge in [-0.2, -0.15) is 4.31 Å². The Kier molecular flexibility index (Phi) is 5.37. The van der Waals surface area contributed by atoms with Crippen LogP contribution in [0.15, 0.2) is 28.3 Å². The maximum absolute atomic E-state index is 12.3. The number of carbonyl (C=O) groups is 2. The number of amides is 3. The number of urea groups is 1. The number of nitrogens with two attached hydrogens (primary N) is 1. The molecule has 10 heteroatoms. The molecule has 8 nitrogen and oxygen atoms in total. The fraction of sp³-hybridized carbons (Fsp3) is 0.417. The second-order valence-corrected chi connectivity index (χ2v) is 7.58. The van der Waals surface area contributed by atoms with E-state index in [-0.39, 0.29) is 10.6 Å². The zero-order chi connectivity index (χ0) is 16.2. The Balaban J connectivity index is 1.98. The van der Waals surface area contributed by atoms with Crippen LogP contribution in [0.25, 0.3) is 0 Å². The number of carbonyl (C=O) groups excluding carboxylic acids is 2. The van der Waals surface area contributed by atoms with Crippen LogP contribution in [0.2, 0.25) is 0 Å². The summed E-state index contributed by atoms with van der Waals surface area (Å²) in [6.07, 6.45) is 3.02. The number of rotatable bonds is 5. The van der Waals surface area contributed by atoms with Gasteiger partial charge in [-0.05, 0) is 25.0 Å². The van der Waals surface area contributed by atoms with Crippen molar-refractivity contribution in [2.45, 2.75) is 22.8 Å². The van der Waals surface area contributed by atoms with Gasteiger partial charge in [-0.1, -0.05) is 11.8 Å². The van der Waals surface area contributed by atoms with Crippen LogP contribution in [-0.4, -0.2) is 48.5 Å². The summed E-state index contributed by atoms with van der Waals surface area (Å²) in [4.78, 5) is 25.9. The molecule has 1 aliphatic rings. The van der Waals surface area contributed by atoms with E-state index in [9.17, 15) is 18.0 Å². The summed E-state index contributed by atoms with van der Waals surface area (Å²) < 4.78 is 26.0. The highest BCUT2D eigenvalue weighted by Gasteiger charge is 2.27. The van der Waals surface area contributed by atoms with Gasteiger partial charge in [0.1, 0.15) is 4.90 Å². The SMILES string of the molecule is NC(=O)NC(=O)CSc1ccc(S(=O)(=O)N2CCCC2)cn1. The van der Waals surface area contributed by atoms with Crippen molar-refractivity contribution in [2.24, 2.45) is 5.73 Å². The van der Waals surface area contributed by atoms with E-state index in [1.165, 1.54) is 22.6 Å². The number of sulfonamides is 1. The Morgan fingerprint density at radius 3 is 2.55 bits per heavy atom. The number of thioether (sulfide) groups is 1. The molecular formula is C12H16N4O4S2. The number of hydrogen-bond donors (Lipinski definition) is 2. The summed E-state index contributed by atoms with van der Waals surface area (Å²) in [7, 11) is -3.48.